The molecule has 1 fully saturated rings. The van der Waals surface area contributed by atoms with Crippen LogP contribution in [0.15, 0.2) is 47.4 Å². The minimum Gasteiger partial charge on any atom is -0.296 e. The van der Waals surface area contributed by atoms with Crippen LogP contribution in [0.5, 0.6) is 0 Å². The van der Waals surface area contributed by atoms with Crippen LogP contribution in [0.4, 0.5) is 0 Å². The molecule has 0 bridgehead atoms. The zero-order valence-corrected chi connectivity index (χ0v) is 18.6. The number of nitrogens with zero attached hydrogens (tertiary/aromatic N) is 2. The van der Waals surface area contributed by atoms with E-state index in [4.69, 9.17) is 23.2 Å². The van der Waals surface area contributed by atoms with Crippen LogP contribution in [-0.4, -0.2) is 43.8 Å². The van der Waals surface area contributed by atoms with Crippen LogP contribution < -0.4 is 0 Å². The van der Waals surface area contributed by atoms with Crippen molar-refractivity contribution in [1.29, 1.82) is 0 Å². The maximum absolute atomic E-state index is 13.0. The normalized spacial score (nSPS) is 16.6. The smallest absolute Gasteiger partial charge is 0.243 e. The summed E-state index contributed by atoms with van der Waals surface area (Å²) in [6, 6.07) is 12.8. The van der Waals surface area contributed by atoms with Gasteiger partial charge in [-0.1, -0.05) is 55.2 Å². The van der Waals surface area contributed by atoms with E-state index in [1.54, 1.807) is 16.4 Å². The summed E-state index contributed by atoms with van der Waals surface area (Å²) in [5.74, 6) is 0.544. The third kappa shape index (κ3) is 5.08. The van der Waals surface area contributed by atoms with Crippen LogP contribution >= 0.6 is 23.2 Å². The fourth-order valence-electron chi connectivity index (χ4n) is 3.45. The van der Waals surface area contributed by atoms with E-state index in [2.05, 4.69) is 18.7 Å². The molecule has 2 aromatic rings. The minimum absolute atomic E-state index is 0.364. The highest BCUT2D eigenvalue weighted by atomic mass is 35.5. The summed E-state index contributed by atoms with van der Waals surface area (Å²) in [6.45, 7) is 7.13. The molecule has 0 spiro atoms. The highest BCUT2D eigenvalue weighted by Gasteiger charge is 2.28. The molecule has 3 rings (SSSR count). The van der Waals surface area contributed by atoms with Gasteiger partial charge in [0.1, 0.15) is 0 Å². The fourth-order valence-corrected chi connectivity index (χ4v) is 5.39. The number of benzene rings is 2. The summed E-state index contributed by atoms with van der Waals surface area (Å²) in [6.07, 6.45) is 0.948. The Morgan fingerprint density at radius 3 is 2.04 bits per heavy atom. The Hall–Kier alpha value is -1.11. The topological polar surface area (TPSA) is 40.6 Å². The first-order chi connectivity index (χ1) is 13.3. The molecule has 0 radical (unpaired) electrons. The molecule has 7 heteroatoms. The monoisotopic (exact) mass is 440 g/mol. The Bertz CT molecular complexity index is 886. The van der Waals surface area contributed by atoms with E-state index in [0.29, 0.717) is 53.6 Å². The maximum Gasteiger partial charge on any atom is 0.243 e. The average Bonchev–Trinajstić information content (AvgIpc) is 2.65. The van der Waals surface area contributed by atoms with Crippen molar-refractivity contribution >= 4 is 33.2 Å². The first-order valence-electron chi connectivity index (χ1n) is 9.51. The first kappa shape index (κ1) is 21.6. The largest absolute Gasteiger partial charge is 0.296 e. The predicted molar refractivity (Wildman–Crippen MR) is 115 cm³/mol. The molecular formula is C21H26Cl2N2O2S. The standard InChI is InChI=1S/C21H26Cl2N2O2S/c1-16(2)14-17-6-8-18(9-7-17)28(26,27)25-12-10-24(11-13-25)15-19-20(22)4-3-5-21(19)23/h3-9,16H,10-15H2,1-2H3. The summed E-state index contributed by atoms with van der Waals surface area (Å²) in [4.78, 5) is 2.55. The summed E-state index contributed by atoms with van der Waals surface area (Å²) in [5.41, 5.74) is 2.05. The summed E-state index contributed by atoms with van der Waals surface area (Å²) >= 11 is 12.5. The molecule has 0 amide bonds. The van der Waals surface area contributed by atoms with Gasteiger partial charge in [-0.15, -0.1) is 0 Å². The number of sulfonamides is 1. The second kappa shape index (κ2) is 9.14. The Kier molecular flexibility index (Phi) is 7.05. The fraction of sp³-hybridized carbons (Fsp3) is 0.429. The average molecular weight is 441 g/mol. The van der Waals surface area contributed by atoms with E-state index in [0.717, 1.165) is 17.5 Å². The van der Waals surface area contributed by atoms with Crippen molar-refractivity contribution in [1.82, 2.24) is 9.21 Å². The Balaban J connectivity index is 1.63. The van der Waals surface area contributed by atoms with Gasteiger partial charge in [0.25, 0.3) is 0 Å². The lowest BCUT2D eigenvalue weighted by molar-refractivity contribution is 0.181. The summed E-state index contributed by atoms with van der Waals surface area (Å²) < 4.78 is 27.5. The van der Waals surface area contributed by atoms with Gasteiger partial charge in [-0.3, -0.25) is 4.90 Å². The first-order valence-corrected chi connectivity index (χ1v) is 11.7. The third-order valence-electron chi connectivity index (χ3n) is 4.98. The highest BCUT2D eigenvalue weighted by Crippen LogP contribution is 2.27. The van der Waals surface area contributed by atoms with Gasteiger partial charge in [-0.25, -0.2) is 8.42 Å². The van der Waals surface area contributed by atoms with Crippen molar-refractivity contribution in [3.05, 3.63) is 63.6 Å². The van der Waals surface area contributed by atoms with Crippen molar-refractivity contribution in [2.45, 2.75) is 31.7 Å². The van der Waals surface area contributed by atoms with Gasteiger partial charge in [-0.2, -0.15) is 4.31 Å². The molecule has 152 valence electrons. The molecule has 28 heavy (non-hydrogen) atoms. The van der Waals surface area contributed by atoms with Crippen LogP contribution in [0.2, 0.25) is 10.0 Å². The lowest BCUT2D eigenvalue weighted by Crippen LogP contribution is -2.48. The molecule has 2 aromatic carbocycles. The molecule has 1 saturated heterocycles. The number of hydrogen-bond acceptors (Lipinski definition) is 3. The van der Waals surface area contributed by atoms with Gasteiger partial charge in [0.05, 0.1) is 4.90 Å². The Morgan fingerprint density at radius 1 is 0.929 bits per heavy atom. The van der Waals surface area contributed by atoms with Gasteiger partial charge in [0.15, 0.2) is 0 Å². The van der Waals surface area contributed by atoms with Crippen LogP contribution in [0.1, 0.15) is 25.0 Å². The van der Waals surface area contributed by atoms with E-state index in [9.17, 15) is 8.42 Å². The SMILES string of the molecule is CC(C)Cc1ccc(S(=O)(=O)N2CCN(Cc3c(Cl)cccc3Cl)CC2)cc1. The molecule has 1 aliphatic rings. The van der Waals surface area contributed by atoms with Crippen molar-refractivity contribution in [2.24, 2.45) is 5.92 Å². The molecule has 0 atom stereocenters. The molecule has 1 aliphatic heterocycles. The lowest BCUT2D eigenvalue weighted by Gasteiger charge is -2.34. The quantitative estimate of drug-likeness (QED) is 0.653. The minimum atomic E-state index is -3.47. The third-order valence-corrected chi connectivity index (χ3v) is 7.60. The van der Waals surface area contributed by atoms with E-state index < -0.39 is 10.0 Å². The molecule has 0 aliphatic carbocycles. The predicted octanol–water partition coefficient (Wildman–Crippen LogP) is 4.70. The van der Waals surface area contributed by atoms with Gasteiger partial charge in [0, 0.05) is 48.3 Å². The number of piperazine rings is 1. The van der Waals surface area contributed by atoms with Gasteiger partial charge < -0.3 is 0 Å². The lowest BCUT2D eigenvalue weighted by atomic mass is 10.0. The van der Waals surface area contributed by atoms with Gasteiger partial charge in [-0.05, 0) is 42.2 Å². The highest BCUT2D eigenvalue weighted by molar-refractivity contribution is 7.89. The van der Waals surface area contributed by atoms with E-state index in [1.165, 1.54) is 0 Å². The van der Waals surface area contributed by atoms with Crippen molar-refractivity contribution in [2.75, 3.05) is 26.2 Å². The number of rotatable bonds is 6. The molecule has 0 saturated carbocycles. The number of halogens is 2. The number of hydrogen-bond donors (Lipinski definition) is 0. The van der Waals surface area contributed by atoms with Crippen molar-refractivity contribution < 1.29 is 8.42 Å². The molecule has 1 heterocycles. The van der Waals surface area contributed by atoms with Gasteiger partial charge in [0.2, 0.25) is 10.0 Å². The van der Waals surface area contributed by atoms with Crippen LogP contribution in [-0.2, 0) is 23.0 Å². The molecule has 4 nitrogen and oxygen atoms in total. The maximum atomic E-state index is 13.0. The Labute approximate surface area is 178 Å². The van der Waals surface area contributed by atoms with Crippen LogP contribution in [0, 0.1) is 5.92 Å². The van der Waals surface area contributed by atoms with Crippen LogP contribution in [0.25, 0.3) is 0 Å². The van der Waals surface area contributed by atoms with Crippen molar-refractivity contribution in [3.63, 3.8) is 0 Å². The summed E-state index contributed by atoms with van der Waals surface area (Å²) in [5, 5.41) is 1.29. The molecule has 0 aromatic heterocycles. The molecule has 0 N–H and O–H groups in total. The van der Waals surface area contributed by atoms with Crippen LogP contribution in [0.3, 0.4) is 0 Å². The van der Waals surface area contributed by atoms with Crippen molar-refractivity contribution in [3.8, 4) is 0 Å². The van der Waals surface area contributed by atoms with E-state index in [1.807, 2.05) is 30.3 Å². The zero-order chi connectivity index (χ0) is 20.3. The van der Waals surface area contributed by atoms with E-state index >= 15 is 0 Å². The van der Waals surface area contributed by atoms with Gasteiger partial charge >= 0.3 is 0 Å². The zero-order valence-electron chi connectivity index (χ0n) is 16.2. The Morgan fingerprint density at radius 2 is 1.50 bits per heavy atom. The molecular weight excluding hydrogens is 415 g/mol. The summed E-state index contributed by atoms with van der Waals surface area (Å²) in [7, 11) is -3.47. The second-order valence-corrected chi connectivity index (χ2v) is 10.4. The second-order valence-electron chi connectivity index (χ2n) is 7.62. The van der Waals surface area contributed by atoms with E-state index in [-0.39, 0.29) is 0 Å². The molecule has 0 unspecified atom stereocenters.